The van der Waals surface area contributed by atoms with E-state index in [0.717, 1.165) is 41.0 Å². The monoisotopic (exact) mass is 360 g/mol. The van der Waals surface area contributed by atoms with Crippen molar-refractivity contribution in [2.75, 3.05) is 0 Å². The molecule has 3 aromatic heterocycles. The van der Waals surface area contributed by atoms with Crippen molar-refractivity contribution in [3.05, 3.63) is 36.4 Å². The van der Waals surface area contributed by atoms with Gasteiger partial charge in [-0.3, -0.25) is 0 Å². The number of rotatable bonds is 2. The minimum Gasteiger partial charge on any atom is -0.393 e. The van der Waals surface area contributed by atoms with Gasteiger partial charge >= 0.3 is 0 Å². The van der Waals surface area contributed by atoms with E-state index in [9.17, 15) is 5.11 Å². The van der Waals surface area contributed by atoms with Crippen LogP contribution in [-0.2, 0) is 0 Å². The summed E-state index contributed by atoms with van der Waals surface area (Å²) in [5.74, 6) is 1.09. The van der Waals surface area contributed by atoms with Gasteiger partial charge in [-0.2, -0.15) is 9.67 Å². The molecule has 0 unspecified atom stereocenters. The van der Waals surface area contributed by atoms with Crippen molar-refractivity contribution in [3.63, 3.8) is 0 Å². The van der Waals surface area contributed by atoms with Crippen molar-refractivity contribution in [2.45, 2.75) is 32.3 Å². The van der Waals surface area contributed by atoms with Gasteiger partial charge in [-0.25, -0.2) is 19.9 Å². The molecule has 4 aromatic rings. The minimum absolute atomic E-state index is 0.317. The van der Waals surface area contributed by atoms with E-state index in [2.05, 4.69) is 35.2 Å². The highest BCUT2D eigenvalue weighted by Crippen LogP contribution is 2.22. The molecule has 3 heterocycles. The third-order valence-corrected chi connectivity index (χ3v) is 4.60. The molecular weight excluding hydrogens is 344 g/mol. The molecular formula is C18H16N8O. The lowest BCUT2D eigenvalue weighted by Gasteiger charge is -2.04. The zero-order chi connectivity index (χ0) is 18.4. The van der Waals surface area contributed by atoms with Crippen molar-refractivity contribution in [2.24, 2.45) is 4.99 Å². The van der Waals surface area contributed by atoms with Crippen molar-refractivity contribution in [1.82, 2.24) is 34.9 Å². The van der Waals surface area contributed by atoms with Crippen LogP contribution in [0.3, 0.4) is 0 Å². The highest BCUT2D eigenvalue weighted by Gasteiger charge is 2.18. The van der Waals surface area contributed by atoms with Crippen LogP contribution in [0, 0.1) is 6.92 Å². The Morgan fingerprint density at radius 1 is 1.15 bits per heavy atom. The zero-order valence-electron chi connectivity index (χ0n) is 14.6. The van der Waals surface area contributed by atoms with Gasteiger partial charge in [0.15, 0.2) is 11.2 Å². The molecule has 9 heteroatoms. The summed E-state index contributed by atoms with van der Waals surface area (Å²) in [5, 5.41) is 18.9. The molecule has 5 rings (SSSR count). The Morgan fingerprint density at radius 3 is 2.93 bits per heavy atom. The SMILES string of the molecule is Cc1ncc2cc(-n3nnc4cnc(/N=C5/CC[C@@H](O)C5)nc43)ccc2n1. The topological polar surface area (TPSA) is 115 Å². The molecule has 1 fully saturated rings. The zero-order valence-corrected chi connectivity index (χ0v) is 14.6. The third kappa shape index (κ3) is 2.91. The first-order valence-electron chi connectivity index (χ1n) is 8.72. The lowest BCUT2D eigenvalue weighted by Crippen LogP contribution is -2.00. The lowest BCUT2D eigenvalue weighted by atomic mass is 10.2. The number of aliphatic imine (C=N–C) groups is 1. The molecule has 0 aliphatic heterocycles. The molecule has 0 saturated heterocycles. The Labute approximate surface area is 153 Å². The number of aryl methyl sites for hydroxylation is 1. The predicted octanol–water partition coefficient (Wildman–Crippen LogP) is 2.08. The molecule has 1 aliphatic rings. The highest BCUT2D eigenvalue weighted by atomic mass is 16.3. The van der Waals surface area contributed by atoms with Crippen LogP contribution in [0.2, 0.25) is 0 Å². The summed E-state index contributed by atoms with van der Waals surface area (Å²) >= 11 is 0. The van der Waals surface area contributed by atoms with Crippen molar-refractivity contribution in [3.8, 4) is 5.69 Å². The molecule has 1 aliphatic carbocycles. The van der Waals surface area contributed by atoms with Crippen molar-refractivity contribution < 1.29 is 5.11 Å². The van der Waals surface area contributed by atoms with Crippen LogP contribution in [-0.4, -0.2) is 51.9 Å². The van der Waals surface area contributed by atoms with E-state index in [4.69, 9.17) is 0 Å². The third-order valence-electron chi connectivity index (χ3n) is 4.60. The molecule has 134 valence electrons. The van der Waals surface area contributed by atoms with E-state index in [1.807, 2.05) is 25.1 Å². The second-order valence-corrected chi connectivity index (χ2v) is 6.62. The second kappa shape index (κ2) is 6.13. The molecule has 9 nitrogen and oxygen atoms in total. The summed E-state index contributed by atoms with van der Waals surface area (Å²) in [6, 6.07) is 5.79. The Morgan fingerprint density at radius 2 is 2.07 bits per heavy atom. The van der Waals surface area contributed by atoms with Gasteiger partial charge < -0.3 is 5.11 Å². The van der Waals surface area contributed by atoms with Crippen molar-refractivity contribution >= 4 is 33.7 Å². The number of aromatic nitrogens is 7. The average molecular weight is 360 g/mol. The predicted molar refractivity (Wildman–Crippen MR) is 99.2 cm³/mol. The van der Waals surface area contributed by atoms with Gasteiger partial charge in [0.05, 0.1) is 23.5 Å². The van der Waals surface area contributed by atoms with Gasteiger partial charge in [0.25, 0.3) is 5.95 Å². The number of hydrogen-bond acceptors (Lipinski definition) is 8. The smallest absolute Gasteiger partial charge is 0.251 e. The molecule has 1 N–H and O–H groups in total. The van der Waals surface area contributed by atoms with Crippen LogP contribution < -0.4 is 0 Å². The average Bonchev–Trinajstić information content (AvgIpc) is 3.27. The Hall–Kier alpha value is -3.33. The van der Waals surface area contributed by atoms with Crippen molar-refractivity contribution in [1.29, 1.82) is 0 Å². The van der Waals surface area contributed by atoms with Crippen LogP contribution in [0.25, 0.3) is 27.8 Å². The fourth-order valence-electron chi connectivity index (χ4n) is 3.24. The van der Waals surface area contributed by atoms with Crippen LogP contribution >= 0.6 is 0 Å². The molecule has 0 bridgehead atoms. The summed E-state index contributed by atoms with van der Waals surface area (Å²) < 4.78 is 1.66. The van der Waals surface area contributed by atoms with Gasteiger partial charge in [-0.1, -0.05) is 5.21 Å². The fourth-order valence-corrected chi connectivity index (χ4v) is 3.24. The van der Waals surface area contributed by atoms with E-state index >= 15 is 0 Å². The summed E-state index contributed by atoms with van der Waals surface area (Å²) in [6.07, 6.45) is 5.16. The molecule has 1 saturated carbocycles. The normalized spacial score (nSPS) is 18.7. The van der Waals surface area contributed by atoms with E-state index in [1.165, 1.54) is 0 Å². The Bertz CT molecular complexity index is 1200. The van der Waals surface area contributed by atoms with Gasteiger partial charge in [0.2, 0.25) is 0 Å². The Balaban J connectivity index is 1.59. The minimum atomic E-state index is -0.317. The summed E-state index contributed by atoms with van der Waals surface area (Å²) in [5.41, 5.74) is 3.77. The van der Waals surface area contributed by atoms with E-state index in [0.29, 0.717) is 23.5 Å². The summed E-state index contributed by atoms with van der Waals surface area (Å²) in [6.45, 7) is 1.86. The molecule has 1 atom stereocenters. The number of fused-ring (bicyclic) bond motifs is 2. The molecule has 0 radical (unpaired) electrons. The number of aliphatic hydroxyl groups excluding tert-OH is 1. The number of aliphatic hydroxyl groups is 1. The summed E-state index contributed by atoms with van der Waals surface area (Å²) in [7, 11) is 0. The maximum absolute atomic E-state index is 9.66. The maximum atomic E-state index is 9.66. The molecule has 0 spiro atoms. The van der Waals surface area contributed by atoms with E-state index in [1.54, 1.807) is 17.1 Å². The fraction of sp³-hybridized carbons (Fsp3) is 0.278. The van der Waals surface area contributed by atoms with E-state index < -0.39 is 0 Å². The van der Waals surface area contributed by atoms with Crippen LogP contribution in [0.15, 0.2) is 35.6 Å². The molecule has 27 heavy (non-hydrogen) atoms. The number of benzene rings is 1. The van der Waals surface area contributed by atoms with Crippen LogP contribution in [0.4, 0.5) is 5.95 Å². The first kappa shape index (κ1) is 15.9. The van der Waals surface area contributed by atoms with E-state index in [-0.39, 0.29) is 6.10 Å². The van der Waals surface area contributed by atoms with Gasteiger partial charge in [0, 0.05) is 23.7 Å². The highest BCUT2D eigenvalue weighted by molar-refractivity contribution is 5.88. The molecule has 1 aromatic carbocycles. The largest absolute Gasteiger partial charge is 0.393 e. The Kier molecular flexibility index (Phi) is 3.61. The first-order chi connectivity index (χ1) is 13.2. The van der Waals surface area contributed by atoms with Crippen LogP contribution in [0.1, 0.15) is 25.1 Å². The van der Waals surface area contributed by atoms with Gasteiger partial charge in [0.1, 0.15) is 5.82 Å². The first-order valence-corrected chi connectivity index (χ1v) is 8.72. The standard InChI is InChI=1S/C18H16N8O/c1-10-19-8-11-6-13(3-5-15(11)21-10)26-17-16(24-25-26)9-20-18(23-17)22-12-2-4-14(27)7-12/h3,5-6,8-9,14,27H,2,4,7H2,1H3/b22-12-/t14-/m1/s1. The quantitative estimate of drug-likeness (QED) is 0.582. The van der Waals surface area contributed by atoms with Crippen LogP contribution in [0.5, 0.6) is 0 Å². The van der Waals surface area contributed by atoms with Gasteiger partial charge in [-0.15, -0.1) is 5.10 Å². The number of hydrogen-bond donors (Lipinski definition) is 1. The maximum Gasteiger partial charge on any atom is 0.251 e. The second-order valence-electron chi connectivity index (χ2n) is 6.62. The number of nitrogens with zero attached hydrogens (tertiary/aromatic N) is 8. The van der Waals surface area contributed by atoms with Gasteiger partial charge in [-0.05, 0) is 38.0 Å². The molecule has 0 amide bonds. The summed E-state index contributed by atoms with van der Waals surface area (Å²) in [4.78, 5) is 21.9. The lowest BCUT2D eigenvalue weighted by molar-refractivity contribution is 0.188.